The number of ether oxygens (including phenoxy) is 1. The number of rotatable bonds is 6. The van der Waals surface area contributed by atoms with E-state index in [0.29, 0.717) is 25.9 Å². The van der Waals surface area contributed by atoms with E-state index in [2.05, 4.69) is 10.3 Å². The van der Waals surface area contributed by atoms with Crippen LogP contribution in [0.2, 0.25) is 0 Å². The first-order valence-corrected chi connectivity index (χ1v) is 10.7. The van der Waals surface area contributed by atoms with Gasteiger partial charge in [-0.15, -0.1) is 0 Å². The molecule has 0 aliphatic carbocycles. The number of fused-ring (bicyclic) bond motifs is 1. The van der Waals surface area contributed by atoms with E-state index in [4.69, 9.17) is 4.74 Å². The molecule has 7 nitrogen and oxygen atoms in total. The average molecular weight is 421 g/mol. The van der Waals surface area contributed by atoms with Gasteiger partial charge in [-0.1, -0.05) is 30.7 Å². The van der Waals surface area contributed by atoms with Gasteiger partial charge in [0.1, 0.15) is 17.6 Å². The quantitative estimate of drug-likeness (QED) is 0.665. The Kier molecular flexibility index (Phi) is 6.21. The summed E-state index contributed by atoms with van der Waals surface area (Å²) in [5.74, 6) is 1.41. The number of hydrogen-bond acceptors (Lipinski definition) is 4. The molecule has 1 aliphatic rings. The largest absolute Gasteiger partial charge is 0.497 e. The van der Waals surface area contributed by atoms with Gasteiger partial charge in [-0.3, -0.25) is 9.59 Å². The molecule has 1 N–H and O–H groups in total. The number of benzene rings is 2. The van der Waals surface area contributed by atoms with Gasteiger partial charge in [-0.2, -0.15) is 0 Å². The molecule has 0 radical (unpaired) electrons. The van der Waals surface area contributed by atoms with Crippen molar-refractivity contribution in [2.45, 2.75) is 44.8 Å². The third kappa shape index (κ3) is 4.55. The first-order valence-electron chi connectivity index (χ1n) is 10.7. The third-order valence-corrected chi connectivity index (χ3v) is 5.90. The van der Waals surface area contributed by atoms with E-state index in [1.165, 1.54) is 0 Å². The van der Waals surface area contributed by atoms with Crippen LogP contribution in [0.1, 0.15) is 37.1 Å². The maximum atomic E-state index is 13.2. The number of para-hydroxylation sites is 2. The van der Waals surface area contributed by atoms with Crippen LogP contribution in [0.4, 0.5) is 0 Å². The monoisotopic (exact) mass is 420 g/mol. The summed E-state index contributed by atoms with van der Waals surface area (Å²) in [7, 11) is 3.56. The second kappa shape index (κ2) is 9.20. The van der Waals surface area contributed by atoms with Crippen LogP contribution in [0.3, 0.4) is 0 Å². The van der Waals surface area contributed by atoms with Crippen molar-refractivity contribution in [3.05, 3.63) is 59.9 Å². The van der Waals surface area contributed by atoms with Crippen LogP contribution < -0.4 is 10.1 Å². The number of carbonyl (C=O) groups excluding carboxylic acids is 2. The Morgan fingerprint density at radius 1 is 1.19 bits per heavy atom. The average Bonchev–Trinajstić information content (AvgIpc) is 3.00. The number of methoxy groups -OCH3 is 1. The lowest BCUT2D eigenvalue weighted by Crippen LogP contribution is -2.48. The molecule has 3 aromatic rings. The molecule has 0 bridgehead atoms. The van der Waals surface area contributed by atoms with Crippen LogP contribution in [0.5, 0.6) is 5.75 Å². The predicted molar refractivity (Wildman–Crippen MR) is 118 cm³/mol. The molecule has 1 unspecified atom stereocenters. The minimum absolute atomic E-state index is 0.0169. The molecule has 0 saturated carbocycles. The van der Waals surface area contributed by atoms with Gasteiger partial charge >= 0.3 is 0 Å². The topological polar surface area (TPSA) is 76.5 Å². The molecule has 1 fully saturated rings. The molecular formula is C24H28N4O3. The number of nitrogens with one attached hydrogen (secondary N) is 1. The first-order chi connectivity index (χ1) is 15.1. The van der Waals surface area contributed by atoms with Crippen molar-refractivity contribution in [2.75, 3.05) is 7.11 Å². The number of aromatic nitrogens is 2. The van der Waals surface area contributed by atoms with E-state index in [9.17, 15) is 9.59 Å². The summed E-state index contributed by atoms with van der Waals surface area (Å²) in [6, 6.07) is 15.0. The van der Waals surface area contributed by atoms with Crippen molar-refractivity contribution in [1.82, 2.24) is 19.8 Å². The van der Waals surface area contributed by atoms with Gasteiger partial charge in [0.15, 0.2) is 0 Å². The van der Waals surface area contributed by atoms with Crippen molar-refractivity contribution in [1.29, 1.82) is 0 Å². The lowest BCUT2D eigenvalue weighted by atomic mass is 10.1. The van der Waals surface area contributed by atoms with E-state index in [0.717, 1.165) is 41.0 Å². The number of amides is 2. The normalized spacial score (nSPS) is 16.9. The second-order valence-corrected chi connectivity index (χ2v) is 7.93. The number of hydrogen-bond donors (Lipinski definition) is 1. The summed E-state index contributed by atoms with van der Waals surface area (Å²) < 4.78 is 7.29. The van der Waals surface area contributed by atoms with Crippen molar-refractivity contribution >= 4 is 22.8 Å². The predicted octanol–water partition coefficient (Wildman–Crippen LogP) is 3.17. The zero-order chi connectivity index (χ0) is 21.8. The molecule has 2 amide bonds. The Morgan fingerprint density at radius 2 is 2.03 bits per heavy atom. The summed E-state index contributed by atoms with van der Waals surface area (Å²) in [5, 5.41) is 3.02. The summed E-state index contributed by atoms with van der Waals surface area (Å²) >= 11 is 0. The molecular weight excluding hydrogens is 392 g/mol. The Balaban J connectivity index is 1.50. The third-order valence-electron chi connectivity index (χ3n) is 5.90. The highest BCUT2D eigenvalue weighted by Crippen LogP contribution is 2.23. The highest BCUT2D eigenvalue weighted by atomic mass is 16.5. The molecule has 1 aliphatic heterocycles. The van der Waals surface area contributed by atoms with E-state index in [1.54, 1.807) is 12.0 Å². The fourth-order valence-electron chi connectivity index (χ4n) is 4.16. The highest BCUT2D eigenvalue weighted by molar-refractivity contribution is 5.88. The smallest absolute Gasteiger partial charge is 0.243 e. The Morgan fingerprint density at radius 3 is 2.84 bits per heavy atom. The van der Waals surface area contributed by atoms with Crippen molar-refractivity contribution < 1.29 is 14.3 Å². The molecule has 162 valence electrons. The van der Waals surface area contributed by atoms with Crippen molar-refractivity contribution in [3.8, 4) is 5.75 Å². The van der Waals surface area contributed by atoms with E-state index < -0.39 is 6.04 Å². The van der Waals surface area contributed by atoms with Gasteiger partial charge in [-0.25, -0.2) is 4.98 Å². The van der Waals surface area contributed by atoms with E-state index in [-0.39, 0.29) is 11.8 Å². The lowest BCUT2D eigenvalue weighted by Gasteiger charge is -2.29. The molecule has 1 atom stereocenters. The van der Waals surface area contributed by atoms with Gasteiger partial charge in [0.05, 0.1) is 24.7 Å². The Labute approximate surface area is 182 Å². The van der Waals surface area contributed by atoms with Crippen LogP contribution in [-0.2, 0) is 29.7 Å². The molecule has 0 spiro atoms. The fourth-order valence-corrected chi connectivity index (χ4v) is 4.16. The molecule has 1 saturated heterocycles. The molecule has 31 heavy (non-hydrogen) atoms. The number of carbonyl (C=O) groups is 2. The first kappa shape index (κ1) is 20.9. The number of aryl methyl sites for hydroxylation is 1. The Hall–Kier alpha value is -3.35. The summed E-state index contributed by atoms with van der Waals surface area (Å²) in [6.07, 6.45) is 2.79. The van der Waals surface area contributed by atoms with Crippen LogP contribution >= 0.6 is 0 Å². The molecule has 7 heteroatoms. The molecule has 4 rings (SSSR count). The second-order valence-electron chi connectivity index (χ2n) is 7.93. The fraction of sp³-hybridized carbons (Fsp3) is 0.375. The number of likely N-dealkylation sites (tertiary alicyclic amines) is 1. The maximum absolute atomic E-state index is 13.2. The number of nitrogens with zero attached hydrogens (tertiary/aromatic N) is 3. The zero-order valence-corrected chi connectivity index (χ0v) is 18.0. The molecule has 1 aromatic heterocycles. The van der Waals surface area contributed by atoms with E-state index in [1.807, 2.05) is 60.1 Å². The van der Waals surface area contributed by atoms with Crippen LogP contribution in [-0.4, -0.2) is 39.4 Å². The van der Waals surface area contributed by atoms with E-state index >= 15 is 0 Å². The van der Waals surface area contributed by atoms with Crippen molar-refractivity contribution in [2.24, 2.45) is 7.05 Å². The lowest BCUT2D eigenvalue weighted by molar-refractivity contribution is -0.140. The number of imidazole rings is 1. The van der Waals surface area contributed by atoms with Gasteiger partial charge in [0.25, 0.3) is 0 Å². The minimum atomic E-state index is -0.490. The van der Waals surface area contributed by atoms with Crippen LogP contribution in [0.15, 0.2) is 48.5 Å². The van der Waals surface area contributed by atoms with Gasteiger partial charge in [0, 0.05) is 20.0 Å². The van der Waals surface area contributed by atoms with Crippen LogP contribution in [0, 0.1) is 0 Å². The standard InChI is InChI=1S/C24H28N4O3/c1-27-20-11-4-3-10-19(20)26-22(27)15-25-24(30)21-12-5-6-13-23(29)28(21)16-17-8-7-9-18(14-17)31-2/h3-4,7-11,14,21H,5-6,12-13,15-16H2,1-2H3,(H,25,30). The van der Waals surface area contributed by atoms with Crippen LogP contribution in [0.25, 0.3) is 11.0 Å². The van der Waals surface area contributed by atoms with Gasteiger partial charge in [-0.05, 0) is 42.7 Å². The summed E-state index contributed by atoms with van der Waals surface area (Å²) in [6.45, 7) is 0.710. The van der Waals surface area contributed by atoms with Crippen molar-refractivity contribution in [3.63, 3.8) is 0 Å². The SMILES string of the molecule is COc1cccc(CN2C(=O)CCCCC2C(=O)NCc2nc3ccccc3n2C)c1. The minimum Gasteiger partial charge on any atom is -0.497 e. The highest BCUT2D eigenvalue weighted by Gasteiger charge is 2.31. The molecule has 2 aromatic carbocycles. The summed E-state index contributed by atoms with van der Waals surface area (Å²) in [5.41, 5.74) is 2.87. The molecule has 2 heterocycles. The summed E-state index contributed by atoms with van der Waals surface area (Å²) in [4.78, 5) is 32.3. The van der Waals surface area contributed by atoms with Gasteiger partial charge < -0.3 is 19.5 Å². The maximum Gasteiger partial charge on any atom is 0.243 e. The zero-order valence-electron chi connectivity index (χ0n) is 18.0. The Bertz CT molecular complexity index is 1090. The van der Waals surface area contributed by atoms with Gasteiger partial charge in [0.2, 0.25) is 11.8 Å².